The highest BCUT2D eigenvalue weighted by Crippen LogP contribution is 2.27. The van der Waals surface area contributed by atoms with Crippen LogP contribution in [0.25, 0.3) is 0 Å². The second-order valence-electron chi connectivity index (χ2n) is 4.11. The van der Waals surface area contributed by atoms with Crippen molar-refractivity contribution in [1.29, 1.82) is 0 Å². The minimum atomic E-state index is -0.560. The van der Waals surface area contributed by atoms with Crippen molar-refractivity contribution in [2.75, 3.05) is 5.73 Å². The Labute approximate surface area is 110 Å². The van der Waals surface area contributed by atoms with Crippen LogP contribution in [0, 0.1) is 0 Å². The van der Waals surface area contributed by atoms with Gasteiger partial charge in [0.1, 0.15) is 5.75 Å². The maximum atomic E-state index is 11.7. The summed E-state index contributed by atoms with van der Waals surface area (Å²) in [4.78, 5) is 11.7. The SMILES string of the molecule is CC(C)NC(=O)C(C)Oc1cc(N)ccc1Br. The predicted octanol–water partition coefficient (Wildman–Crippen LogP) is 2.32. The standard InChI is InChI=1S/C12H17BrN2O2/c1-7(2)15-12(16)8(3)17-11-6-9(14)4-5-10(11)13/h4-8H,14H2,1-3H3,(H,15,16). The van der Waals surface area contributed by atoms with Crippen LogP contribution in [-0.2, 0) is 4.79 Å². The Morgan fingerprint density at radius 3 is 2.65 bits per heavy atom. The number of carbonyl (C=O) groups excluding carboxylic acids is 1. The first-order valence-corrected chi connectivity index (χ1v) is 6.21. The summed E-state index contributed by atoms with van der Waals surface area (Å²) < 4.78 is 6.32. The highest BCUT2D eigenvalue weighted by Gasteiger charge is 2.16. The van der Waals surface area contributed by atoms with Gasteiger partial charge in [-0.25, -0.2) is 0 Å². The van der Waals surface area contributed by atoms with Gasteiger partial charge in [-0.15, -0.1) is 0 Å². The summed E-state index contributed by atoms with van der Waals surface area (Å²) in [6, 6.07) is 5.33. The second-order valence-corrected chi connectivity index (χ2v) is 4.97. The van der Waals surface area contributed by atoms with Crippen LogP contribution in [0.3, 0.4) is 0 Å². The summed E-state index contributed by atoms with van der Waals surface area (Å²) in [6.45, 7) is 5.51. The number of benzene rings is 1. The van der Waals surface area contributed by atoms with Crippen LogP contribution in [0.1, 0.15) is 20.8 Å². The van der Waals surface area contributed by atoms with Gasteiger partial charge in [0.05, 0.1) is 4.47 Å². The molecule has 1 rings (SSSR count). The maximum Gasteiger partial charge on any atom is 0.260 e. The number of nitrogen functional groups attached to an aromatic ring is 1. The van der Waals surface area contributed by atoms with Crippen molar-refractivity contribution < 1.29 is 9.53 Å². The first-order valence-electron chi connectivity index (χ1n) is 5.42. The molecule has 1 unspecified atom stereocenters. The van der Waals surface area contributed by atoms with Crippen LogP contribution >= 0.6 is 15.9 Å². The van der Waals surface area contributed by atoms with Gasteiger partial charge in [-0.3, -0.25) is 4.79 Å². The lowest BCUT2D eigenvalue weighted by Gasteiger charge is -2.17. The average Bonchev–Trinajstić information content (AvgIpc) is 2.22. The molecule has 0 fully saturated rings. The van der Waals surface area contributed by atoms with Gasteiger partial charge in [0.15, 0.2) is 6.10 Å². The number of amides is 1. The molecule has 0 radical (unpaired) electrons. The lowest BCUT2D eigenvalue weighted by atomic mass is 10.3. The number of anilines is 1. The van der Waals surface area contributed by atoms with E-state index in [4.69, 9.17) is 10.5 Å². The Morgan fingerprint density at radius 1 is 1.41 bits per heavy atom. The van der Waals surface area contributed by atoms with Gasteiger partial charge in [-0.05, 0) is 48.8 Å². The van der Waals surface area contributed by atoms with E-state index in [1.54, 1.807) is 25.1 Å². The highest BCUT2D eigenvalue weighted by molar-refractivity contribution is 9.10. The molecule has 0 aliphatic heterocycles. The Bertz CT molecular complexity index is 407. The molecule has 94 valence electrons. The second kappa shape index (κ2) is 5.91. The maximum absolute atomic E-state index is 11.7. The minimum absolute atomic E-state index is 0.0952. The van der Waals surface area contributed by atoms with Crippen molar-refractivity contribution >= 4 is 27.5 Å². The first-order chi connectivity index (χ1) is 7.90. The van der Waals surface area contributed by atoms with Crippen molar-refractivity contribution in [3.63, 3.8) is 0 Å². The van der Waals surface area contributed by atoms with Crippen molar-refractivity contribution in [2.45, 2.75) is 32.9 Å². The number of hydrogen-bond acceptors (Lipinski definition) is 3. The fourth-order valence-corrected chi connectivity index (χ4v) is 1.60. The van der Waals surface area contributed by atoms with E-state index in [1.165, 1.54) is 0 Å². The zero-order valence-corrected chi connectivity index (χ0v) is 11.7. The zero-order valence-electron chi connectivity index (χ0n) is 10.2. The smallest absolute Gasteiger partial charge is 0.260 e. The molecule has 5 heteroatoms. The number of nitrogens with two attached hydrogens (primary N) is 1. The Morgan fingerprint density at radius 2 is 2.06 bits per heavy atom. The normalized spacial score (nSPS) is 12.3. The van der Waals surface area contributed by atoms with Crippen molar-refractivity contribution in [3.8, 4) is 5.75 Å². The molecule has 17 heavy (non-hydrogen) atoms. The minimum Gasteiger partial charge on any atom is -0.480 e. The molecule has 4 nitrogen and oxygen atoms in total. The molecular weight excluding hydrogens is 284 g/mol. The largest absolute Gasteiger partial charge is 0.480 e. The van der Waals surface area contributed by atoms with E-state index in [9.17, 15) is 4.79 Å². The summed E-state index contributed by atoms with van der Waals surface area (Å²) in [5.74, 6) is 0.422. The van der Waals surface area contributed by atoms with E-state index in [2.05, 4.69) is 21.2 Å². The van der Waals surface area contributed by atoms with E-state index in [1.807, 2.05) is 13.8 Å². The van der Waals surface area contributed by atoms with Gasteiger partial charge >= 0.3 is 0 Å². The van der Waals surface area contributed by atoms with Crippen LogP contribution in [0.4, 0.5) is 5.69 Å². The van der Waals surface area contributed by atoms with Crippen LogP contribution in [0.2, 0.25) is 0 Å². The van der Waals surface area contributed by atoms with E-state index in [0.717, 1.165) is 4.47 Å². The number of nitrogens with one attached hydrogen (secondary N) is 1. The monoisotopic (exact) mass is 300 g/mol. The molecule has 0 aliphatic rings. The summed E-state index contributed by atoms with van der Waals surface area (Å²) in [5, 5.41) is 2.79. The molecule has 0 bridgehead atoms. The lowest BCUT2D eigenvalue weighted by molar-refractivity contribution is -0.127. The molecule has 1 atom stereocenters. The van der Waals surface area contributed by atoms with E-state index < -0.39 is 6.10 Å². The number of carbonyl (C=O) groups is 1. The topological polar surface area (TPSA) is 64.3 Å². The van der Waals surface area contributed by atoms with Gasteiger partial charge in [0.25, 0.3) is 5.91 Å². The number of hydrogen-bond donors (Lipinski definition) is 2. The molecule has 0 saturated carbocycles. The third kappa shape index (κ3) is 4.26. The average molecular weight is 301 g/mol. The summed E-state index contributed by atoms with van der Waals surface area (Å²) in [6.07, 6.45) is -0.560. The van der Waals surface area contributed by atoms with Crippen molar-refractivity contribution in [2.24, 2.45) is 0 Å². The molecule has 3 N–H and O–H groups in total. The molecular formula is C12H17BrN2O2. The van der Waals surface area contributed by atoms with Gasteiger partial charge < -0.3 is 15.8 Å². The van der Waals surface area contributed by atoms with E-state index in [0.29, 0.717) is 11.4 Å². The third-order valence-corrected chi connectivity index (χ3v) is 2.71. The number of ether oxygens (including phenoxy) is 1. The van der Waals surface area contributed by atoms with Crippen LogP contribution in [0.15, 0.2) is 22.7 Å². The van der Waals surface area contributed by atoms with Crippen LogP contribution < -0.4 is 15.8 Å². The summed E-state index contributed by atoms with van der Waals surface area (Å²) in [5.41, 5.74) is 6.26. The quantitative estimate of drug-likeness (QED) is 0.839. The van der Waals surface area contributed by atoms with E-state index >= 15 is 0 Å². The third-order valence-electron chi connectivity index (χ3n) is 2.06. The van der Waals surface area contributed by atoms with Crippen molar-refractivity contribution in [1.82, 2.24) is 5.32 Å². The molecule has 0 heterocycles. The molecule has 0 saturated heterocycles. The van der Waals surface area contributed by atoms with Crippen LogP contribution in [-0.4, -0.2) is 18.1 Å². The molecule has 0 spiro atoms. The molecule has 0 aromatic heterocycles. The molecule has 1 aromatic rings. The van der Waals surface area contributed by atoms with Gasteiger partial charge in [0, 0.05) is 17.8 Å². The van der Waals surface area contributed by atoms with Crippen LogP contribution in [0.5, 0.6) is 5.75 Å². The summed E-state index contributed by atoms with van der Waals surface area (Å²) >= 11 is 3.35. The van der Waals surface area contributed by atoms with Crippen molar-refractivity contribution in [3.05, 3.63) is 22.7 Å². The summed E-state index contributed by atoms with van der Waals surface area (Å²) in [7, 11) is 0. The molecule has 1 amide bonds. The fraction of sp³-hybridized carbons (Fsp3) is 0.417. The lowest BCUT2D eigenvalue weighted by Crippen LogP contribution is -2.40. The van der Waals surface area contributed by atoms with Gasteiger partial charge in [-0.2, -0.15) is 0 Å². The number of halogens is 1. The van der Waals surface area contributed by atoms with Gasteiger partial charge in [-0.1, -0.05) is 0 Å². The highest BCUT2D eigenvalue weighted by atomic mass is 79.9. The Hall–Kier alpha value is -1.23. The fourth-order valence-electron chi connectivity index (χ4n) is 1.26. The predicted molar refractivity (Wildman–Crippen MR) is 71.9 cm³/mol. The molecule has 1 aromatic carbocycles. The van der Waals surface area contributed by atoms with Gasteiger partial charge in [0.2, 0.25) is 0 Å². The number of rotatable bonds is 4. The first kappa shape index (κ1) is 13.8. The Balaban J connectivity index is 2.70. The zero-order chi connectivity index (χ0) is 13.0. The molecule has 0 aliphatic carbocycles. The van der Waals surface area contributed by atoms with E-state index in [-0.39, 0.29) is 11.9 Å². The Kier molecular flexibility index (Phi) is 4.81.